The Kier molecular flexibility index (Phi) is 9.49. The van der Waals surface area contributed by atoms with Crippen molar-refractivity contribution in [1.82, 2.24) is 9.88 Å². The molecule has 1 unspecified atom stereocenters. The van der Waals surface area contributed by atoms with Crippen LogP contribution in [0.3, 0.4) is 0 Å². The Balaban J connectivity index is 1.66. The Morgan fingerprint density at radius 3 is 2.18 bits per heavy atom. The molecule has 34 heavy (non-hydrogen) atoms. The van der Waals surface area contributed by atoms with Crippen LogP contribution in [0.4, 0.5) is 11.5 Å². The van der Waals surface area contributed by atoms with Gasteiger partial charge in [0, 0.05) is 32.1 Å². The van der Waals surface area contributed by atoms with Gasteiger partial charge in [-0.05, 0) is 63.1 Å². The maximum Gasteiger partial charge on any atom is 0.230 e. The molecule has 3 rings (SSSR count). The lowest BCUT2D eigenvalue weighted by Crippen LogP contribution is -2.42. The van der Waals surface area contributed by atoms with Gasteiger partial charge in [-0.3, -0.25) is 9.59 Å². The average Bonchev–Trinajstić information content (AvgIpc) is 2.87. The molecule has 184 valence electrons. The van der Waals surface area contributed by atoms with E-state index in [1.807, 2.05) is 49.1 Å². The largest absolute Gasteiger partial charge is 0.357 e. The first-order valence-electron chi connectivity index (χ1n) is 12.9. The Morgan fingerprint density at radius 2 is 1.65 bits per heavy atom. The van der Waals surface area contributed by atoms with Crippen LogP contribution in [0.15, 0.2) is 48.7 Å². The molecule has 1 N–H and O–H groups in total. The minimum Gasteiger partial charge on any atom is -0.357 e. The summed E-state index contributed by atoms with van der Waals surface area (Å²) < 4.78 is 0. The second kappa shape index (κ2) is 12.5. The minimum atomic E-state index is -0.0983. The quantitative estimate of drug-likeness (QED) is 0.516. The number of nitrogens with one attached hydrogen (secondary N) is 1. The number of piperidine rings is 1. The van der Waals surface area contributed by atoms with E-state index in [4.69, 9.17) is 0 Å². The zero-order valence-electron chi connectivity index (χ0n) is 21.2. The number of likely N-dealkylation sites (N-methyl/N-ethyl adjacent to an activating group) is 1. The Morgan fingerprint density at radius 1 is 1.00 bits per heavy atom. The molecule has 1 atom stereocenters. The first kappa shape index (κ1) is 25.7. The zero-order chi connectivity index (χ0) is 24.5. The van der Waals surface area contributed by atoms with Gasteiger partial charge in [0.1, 0.15) is 5.82 Å². The van der Waals surface area contributed by atoms with Gasteiger partial charge in [-0.2, -0.15) is 0 Å². The van der Waals surface area contributed by atoms with Crippen molar-refractivity contribution in [2.45, 2.75) is 59.3 Å². The van der Waals surface area contributed by atoms with Gasteiger partial charge < -0.3 is 15.1 Å². The second-order valence-corrected chi connectivity index (χ2v) is 9.13. The molecule has 1 aliphatic heterocycles. The first-order valence-corrected chi connectivity index (χ1v) is 12.9. The topological polar surface area (TPSA) is 65.5 Å². The van der Waals surface area contributed by atoms with Gasteiger partial charge in [0.25, 0.3) is 0 Å². The van der Waals surface area contributed by atoms with Crippen LogP contribution in [0.25, 0.3) is 0 Å². The molecular weight excluding hydrogens is 424 g/mol. The molecule has 1 saturated heterocycles. The highest BCUT2D eigenvalue weighted by Crippen LogP contribution is 2.35. The summed E-state index contributed by atoms with van der Waals surface area (Å²) in [6.45, 7) is 11.4. The third-order valence-electron chi connectivity index (χ3n) is 7.21. The molecule has 0 spiro atoms. The number of rotatable bonds is 10. The molecule has 1 aromatic heterocycles. The monoisotopic (exact) mass is 464 g/mol. The van der Waals surface area contributed by atoms with E-state index in [0.717, 1.165) is 68.9 Å². The SMILES string of the molecule is CCC(CC)C(=O)Nc1ccc(N2CCC(C(C(=O)N(CC)CC)c3ccccc3)CC2)nc1. The highest BCUT2D eigenvalue weighted by molar-refractivity contribution is 5.92. The summed E-state index contributed by atoms with van der Waals surface area (Å²) in [4.78, 5) is 34.6. The van der Waals surface area contributed by atoms with E-state index in [9.17, 15) is 9.59 Å². The third-order valence-corrected chi connectivity index (χ3v) is 7.21. The van der Waals surface area contributed by atoms with Crippen molar-refractivity contribution in [1.29, 1.82) is 0 Å². The number of nitrogens with zero attached hydrogens (tertiary/aromatic N) is 3. The summed E-state index contributed by atoms with van der Waals surface area (Å²) in [6, 6.07) is 14.2. The van der Waals surface area contributed by atoms with Crippen LogP contribution in [0.2, 0.25) is 0 Å². The average molecular weight is 465 g/mol. The van der Waals surface area contributed by atoms with Crippen molar-refractivity contribution in [3.63, 3.8) is 0 Å². The molecule has 2 heterocycles. The second-order valence-electron chi connectivity index (χ2n) is 9.13. The number of benzene rings is 1. The van der Waals surface area contributed by atoms with E-state index >= 15 is 0 Å². The minimum absolute atomic E-state index is 0.0373. The molecule has 1 fully saturated rings. The van der Waals surface area contributed by atoms with Crippen molar-refractivity contribution in [2.24, 2.45) is 11.8 Å². The van der Waals surface area contributed by atoms with Crippen LogP contribution in [-0.2, 0) is 9.59 Å². The standard InChI is InChI=1S/C28H40N4O2/c1-5-21(6-2)27(33)30-24-14-15-25(29-20-24)32-18-16-23(17-19-32)26(22-12-10-9-11-13-22)28(34)31(7-3)8-4/h9-15,20-21,23,26H,5-8,16-19H2,1-4H3,(H,30,33). The van der Waals surface area contributed by atoms with Gasteiger partial charge in [0.05, 0.1) is 17.8 Å². The molecule has 1 aromatic carbocycles. The number of hydrogen-bond acceptors (Lipinski definition) is 4. The van der Waals surface area contributed by atoms with Crippen LogP contribution in [0.5, 0.6) is 0 Å². The van der Waals surface area contributed by atoms with Gasteiger partial charge >= 0.3 is 0 Å². The van der Waals surface area contributed by atoms with Gasteiger partial charge in [-0.25, -0.2) is 4.98 Å². The molecule has 6 nitrogen and oxygen atoms in total. The van der Waals surface area contributed by atoms with Gasteiger partial charge in [-0.1, -0.05) is 44.2 Å². The molecule has 0 radical (unpaired) electrons. The number of carbonyl (C=O) groups excluding carboxylic acids is 2. The van der Waals surface area contributed by atoms with E-state index < -0.39 is 0 Å². The van der Waals surface area contributed by atoms with E-state index in [-0.39, 0.29) is 23.7 Å². The van der Waals surface area contributed by atoms with E-state index in [1.165, 1.54) is 0 Å². The molecule has 0 saturated carbocycles. The molecular formula is C28H40N4O2. The molecule has 0 bridgehead atoms. The van der Waals surface area contributed by atoms with Crippen molar-refractivity contribution in [3.8, 4) is 0 Å². The van der Waals surface area contributed by atoms with E-state index in [2.05, 4.69) is 41.2 Å². The molecule has 6 heteroatoms. The number of hydrogen-bond donors (Lipinski definition) is 1. The lowest BCUT2D eigenvalue weighted by Gasteiger charge is -2.38. The predicted octanol–water partition coefficient (Wildman–Crippen LogP) is 5.32. The van der Waals surface area contributed by atoms with Gasteiger partial charge in [-0.15, -0.1) is 0 Å². The van der Waals surface area contributed by atoms with Gasteiger partial charge in [0.15, 0.2) is 0 Å². The fourth-order valence-corrected chi connectivity index (χ4v) is 5.02. The van der Waals surface area contributed by atoms with E-state index in [1.54, 1.807) is 6.20 Å². The highest BCUT2D eigenvalue weighted by atomic mass is 16.2. The Bertz CT molecular complexity index is 900. The molecule has 2 aromatic rings. The summed E-state index contributed by atoms with van der Waals surface area (Å²) in [5.41, 5.74) is 1.86. The first-order chi connectivity index (χ1) is 16.5. The molecule has 0 aliphatic carbocycles. The summed E-state index contributed by atoms with van der Waals surface area (Å²) in [5, 5.41) is 2.99. The van der Waals surface area contributed by atoms with E-state index in [0.29, 0.717) is 5.92 Å². The Hall–Kier alpha value is -2.89. The summed E-state index contributed by atoms with van der Waals surface area (Å²) in [5.74, 6) is 1.47. The summed E-state index contributed by atoms with van der Waals surface area (Å²) in [7, 11) is 0. The maximum absolute atomic E-state index is 13.4. The van der Waals surface area contributed by atoms with Crippen LogP contribution in [0, 0.1) is 11.8 Å². The lowest BCUT2D eigenvalue weighted by molar-refractivity contribution is -0.134. The summed E-state index contributed by atoms with van der Waals surface area (Å²) >= 11 is 0. The maximum atomic E-state index is 13.4. The normalized spacial score (nSPS) is 15.3. The Labute approximate surface area is 204 Å². The molecule has 2 amide bonds. The van der Waals surface area contributed by atoms with Crippen LogP contribution >= 0.6 is 0 Å². The number of amides is 2. The van der Waals surface area contributed by atoms with Crippen LogP contribution < -0.4 is 10.2 Å². The van der Waals surface area contributed by atoms with Crippen molar-refractivity contribution in [2.75, 3.05) is 36.4 Å². The zero-order valence-corrected chi connectivity index (χ0v) is 21.2. The van der Waals surface area contributed by atoms with Crippen molar-refractivity contribution >= 4 is 23.3 Å². The number of carbonyl (C=O) groups is 2. The van der Waals surface area contributed by atoms with Crippen molar-refractivity contribution in [3.05, 3.63) is 54.2 Å². The number of aromatic nitrogens is 1. The molecule has 1 aliphatic rings. The van der Waals surface area contributed by atoms with Crippen molar-refractivity contribution < 1.29 is 9.59 Å². The van der Waals surface area contributed by atoms with Crippen LogP contribution in [-0.4, -0.2) is 47.9 Å². The smallest absolute Gasteiger partial charge is 0.230 e. The highest BCUT2D eigenvalue weighted by Gasteiger charge is 2.34. The fourth-order valence-electron chi connectivity index (χ4n) is 5.02. The summed E-state index contributed by atoms with van der Waals surface area (Å²) in [6.07, 6.45) is 5.31. The lowest BCUT2D eigenvalue weighted by atomic mass is 9.79. The van der Waals surface area contributed by atoms with Crippen LogP contribution in [0.1, 0.15) is 64.9 Å². The predicted molar refractivity (Wildman–Crippen MR) is 139 cm³/mol. The van der Waals surface area contributed by atoms with Gasteiger partial charge in [0.2, 0.25) is 11.8 Å². The third kappa shape index (κ3) is 6.16. The number of pyridine rings is 1. The fraction of sp³-hybridized carbons (Fsp3) is 0.536. The number of anilines is 2.